The maximum atomic E-state index is 5.64. The summed E-state index contributed by atoms with van der Waals surface area (Å²) < 4.78 is 11.1. The van der Waals surface area contributed by atoms with Gasteiger partial charge in [0.15, 0.2) is 5.96 Å². The Hall–Kier alpha value is -1.75. The van der Waals surface area contributed by atoms with Gasteiger partial charge in [-0.05, 0) is 43.9 Å². The second-order valence-corrected chi connectivity index (χ2v) is 6.95. The Bertz CT molecular complexity index is 594. The van der Waals surface area contributed by atoms with E-state index in [2.05, 4.69) is 42.3 Å². The number of nitrogens with zero attached hydrogens (tertiary/aromatic N) is 2. The van der Waals surface area contributed by atoms with E-state index in [0.29, 0.717) is 12.0 Å². The molecule has 0 amide bonds. The molecule has 1 unspecified atom stereocenters. The number of aliphatic imine (C=N–C) groups is 1. The molecule has 1 aromatic carbocycles. The molecule has 0 bridgehead atoms. The van der Waals surface area contributed by atoms with Crippen molar-refractivity contribution in [3.05, 3.63) is 29.3 Å². The fourth-order valence-electron chi connectivity index (χ4n) is 3.64. The molecule has 2 fully saturated rings. The minimum absolute atomic E-state index is 0.350. The predicted molar refractivity (Wildman–Crippen MR) is 96.6 cm³/mol. The van der Waals surface area contributed by atoms with E-state index in [4.69, 9.17) is 14.5 Å². The van der Waals surface area contributed by atoms with Gasteiger partial charge in [0.1, 0.15) is 5.75 Å². The van der Waals surface area contributed by atoms with Crippen LogP contribution in [0.5, 0.6) is 5.75 Å². The third-order valence-electron chi connectivity index (χ3n) is 5.14. The van der Waals surface area contributed by atoms with E-state index in [9.17, 15) is 0 Å². The normalized spacial score (nSPS) is 24.0. The van der Waals surface area contributed by atoms with Gasteiger partial charge in [0.05, 0.1) is 20.3 Å². The second kappa shape index (κ2) is 7.43. The zero-order valence-corrected chi connectivity index (χ0v) is 15.1. The van der Waals surface area contributed by atoms with Crippen LogP contribution >= 0.6 is 0 Å². The number of rotatable bonds is 4. The van der Waals surface area contributed by atoms with Gasteiger partial charge in [0, 0.05) is 31.7 Å². The fourth-order valence-corrected chi connectivity index (χ4v) is 3.64. The molecule has 5 heteroatoms. The number of methoxy groups -OCH3 is 1. The largest absolute Gasteiger partial charge is 0.496 e. The summed E-state index contributed by atoms with van der Waals surface area (Å²) in [5, 5.41) is 3.45. The lowest BCUT2D eigenvalue weighted by molar-refractivity contribution is 0.156. The number of hydrogen-bond donors (Lipinski definition) is 1. The standard InChI is InChI=1S/C19H29N3O2/c1-4-20-18(22-9-7-19(13-22)8-10-24-14-19)21-12-16-6-5-15(2)17(11-16)23-3/h5-6,11H,4,7-10,12-14H2,1-3H3,(H,20,21). The van der Waals surface area contributed by atoms with Crippen molar-refractivity contribution >= 4 is 5.96 Å². The summed E-state index contributed by atoms with van der Waals surface area (Å²) >= 11 is 0. The second-order valence-electron chi connectivity index (χ2n) is 6.95. The highest BCUT2D eigenvalue weighted by atomic mass is 16.5. The van der Waals surface area contributed by atoms with Crippen LogP contribution < -0.4 is 10.1 Å². The molecule has 2 saturated heterocycles. The van der Waals surface area contributed by atoms with Gasteiger partial charge in [0.2, 0.25) is 0 Å². The topological polar surface area (TPSA) is 46.1 Å². The molecule has 132 valence electrons. The average molecular weight is 331 g/mol. The highest BCUT2D eigenvalue weighted by Crippen LogP contribution is 2.38. The number of hydrogen-bond acceptors (Lipinski definition) is 3. The quantitative estimate of drug-likeness (QED) is 0.680. The number of aryl methyl sites for hydroxylation is 1. The van der Waals surface area contributed by atoms with E-state index < -0.39 is 0 Å². The van der Waals surface area contributed by atoms with Gasteiger partial charge in [-0.2, -0.15) is 0 Å². The van der Waals surface area contributed by atoms with Crippen molar-refractivity contribution in [1.29, 1.82) is 0 Å². The number of benzene rings is 1. The molecule has 1 aromatic rings. The summed E-state index contributed by atoms with van der Waals surface area (Å²) in [5.41, 5.74) is 2.68. The fraction of sp³-hybridized carbons (Fsp3) is 0.632. The number of likely N-dealkylation sites (tertiary alicyclic amines) is 1. The van der Waals surface area contributed by atoms with Crippen molar-refractivity contribution in [2.45, 2.75) is 33.2 Å². The monoisotopic (exact) mass is 331 g/mol. The van der Waals surface area contributed by atoms with Crippen LogP contribution in [-0.2, 0) is 11.3 Å². The molecule has 24 heavy (non-hydrogen) atoms. The molecule has 1 atom stereocenters. The number of guanidine groups is 1. The van der Waals surface area contributed by atoms with Crippen LogP contribution in [0.15, 0.2) is 23.2 Å². The lowest BCUT2D eigenvalue weighted by Crippen LogP contribution is -2.41. The molecule has 0 radical (unpaired) electrons. The van der Waals surface area contributed by atoms with Crippen molar-refractivity contribution in [3.8, 4) is 5.75 Å². The van der Waals surface area contributed by atoms with Crippen LogP contribution in [0.2, 0.25) is 0 Å². The minimum Gasteiger partial charge on any atom is -0.496 e. The molecule has 2 aliphatic rings. The molecule has 2 aliphatic heterocycles. The van der Waals surface area contributed by atoms with Crippen molar-refractivity contribution in [2.75, 3.05) is 40.0 Å². The number of ether oxygens (including phenoxy) is 2. The van der Waals surface area contributed by atoms with E-state index in [0.717, 1.165) is 50.1 Å². The molecule has 0 saturated carbocycles. The van der Waals surface area contributed by atoms with Gasteiger partial charge in [-0.15, -0.1) is 0 Å². The Morgan fingerprint density at radius 2 is 2.29 bits per heavy atom. The first kappa shape index (κ1) is 17.1. The first-order valence-electron chi connectivity index (χ1n) is 8.90. The van der Waals surface area contributed by atoms with E-state index in [-0.39, 0.29) is 0 Å². The van der Waals surface area contributed by atoms with Crippen LogP contribution in [0.4, 0.5) is 0 Å². The van der Waals surface area contributed by atoms with Crippen LogP contribution in [-0.4, -0.2) is 50.8 Å². The van der Waals surface area contributed by atoms with E-state index >= 15 is 0 Å². The number of nitrogens with one attached hydrogen (secondary N) is 1. The Morgan fingerprint density at radius 3 is 3.00 bits per heavy atom. The van der Waals surface area contributed by atoms with Crippen molar-refractivity contribution < 1.29 is 9.47 Å². The third-order valence-corrected chi connectivity index (χ3v) is 5.14. The Labute approximate surface area is 145 Å². The summed E-state index contributed by atoms with van der Waals surface area (Å²) in [7, 11) is 1.72. The average Bonchev–Trinajstić information content (AvgIpc) is 3.23. The van der Waals surface area contributed by atoms with Gasteiger partial charge in [-0.1, -0.05) is 12.1 Å². The van der Waals surface area contributed by atoms with Gasteiger partial charge in [-0.3, -0.25) is 0 Å². The SMILES string of the molecule is CCNC(=NCc1ccc(C)c(OC)c1)N1CCC2(CCOC2)C1. The zero-order chi connectivity index (χ0) is 17.0. The summed E-state index contributed by atoms with van der Waals surface area (Å²) in [4.78, 5) is 7.25. The molecule has 1 N–H and O–H groups in total. The molecule has 0 aliphatic carbocycles. The lowest BCUT2D eigenvalue weighted by atomic mass is 9.87. The third kappa shape index (κ3) is 3.66. The van der Waals surface area contributed by atoms with Crippen molar-refractivity contribution in [3.63, 3.8) is 0 Å². The summed E-state index contributed by atoms with van der Waals surface area (Å²) in [6, 6.07) is 6.30. The van der Waals surface area contributed by atoms with Crippen molar-refractivity contribution in [2.24, 2.45) is 10.4 Å². The summed E-state index contributed by atoms with van der Waals surface area (Å²) in [6.45, 7) is 9.65. The smallest absolute Gasteiger partial charge is 0.194 e. The maximum absolute atomic E-state index is 5.64. The molecule has 1 spiro atoms. The van der Waals surface area contributed by atoms with Crippen molar-refractivity contribution in [1.82, 2.24) is 10.2 Å². The molecule has 5 nitrogen and oxygen atoms in total. The molecule has 3 rings (SSSR count). The summed E-state index contributed by atoms with van der Waals surface area (Å²) in [6.07, 6.45) is 2.38. The van der Waals surface area contributed by atoms with E-state index in [1.165, 1.54) is 18.4 Å². The van der Waals surface area contributed by atoms with Crippen LogP contribution in [0.25, 0.3) is 0 Å². The van der Waals surface area contributed by atoms with Gasteiger partial charge in [-0.25, -0.2) is 4.99 Å². The first-order chi connectivity index (χ1) is 11.7. The van der Waals surface area contributed by atoms with E-state index in [1.807, 2.05) is 0 Å². The molecular formula is C19H29N3O2. The van der Waals surface area contributed by atoms with E-state index in [1.54, 1.807) is 7.11 Å². The molecule has 2 heterocycles. The van der Waals surface area contributed by atoms with Gasteiger partial charge >= 0.3 is 0 Å². The summed E-state index contributed by atoms with van der Waals surface area (Å²) in [5.74, 6) is 1.94. The minimum atomic E-state index is 0.350. The maximum Gasteiger partial charge on any atom is 0.194 e. The Balaban J connectivity index is 1.70. The highest BCUT2D eigenvalue weighted by molar-refractivity contribution is 5.80. The van der Waals surface area contributed by atoms with Crippen LogP contribution in [0.1, 0.15) is 30.9 Å². The molecular weight excluding hydrogens is 302 g/mol. The molecule has 0 aromatic heterocycles. The van der Waals surface area contributed by atoms with Crippen LogP contribution in [0.3, 0.4) is 0 Å². The lowest BCUT2D eigenvalue weighted by Gasteiger charge is -2.25. The Kier molecular flexibility index (Phi) is 5.29. The van der Waals surface area contributed by atoms with Gasteiger partial charge in [0.25, 0.3) is 0 Å². The zero-order valence-electron chi connectivity index (χ0n) is 15.1. The highest BCUT2D eigenvalue weighted by Gasteiger charge is 2.42. The first-order valence-corrected chi connectivity index (χ1v) is 8.90. The van der Waals surface area contributed by atoms with Crippen LogP contribution in [0, 0.1) is 12.3 Å². The van der Waals surface area contributed by atoms with Gasteiger partial charge < -0.3 is 19.7 Å². The predicted octanol–water partition coefficient (Wildman–Crippen LogP) is 2.58. The Morgan fingerprint density at radius 1 is 1.42 bits per heavy atom.